The van der Waals surface area contributed by atoms with Crippen LogP contribution in [0.3, 0.4) is 0 Å². The highest BCUT2D eigenvalue weighted by atomic mass is 16.3. The second kappa shape index (κ2) is 7.20. The van der Waals surface area contributed by atoms with Gasteiger partial charge in [-0.1, -0.05) is 50.2 Å². The molecule has 0 saturated carbocycles. The molecule has 2 aromatic heterocycles. The third-order valence-corrected chi connectivity index (χ3v) is 5.84. The zero-order valence-corrected chi connectivity index (χ0v) is 17.6. The predicted octanol–water partition coefficient (Wildman–Crippen LogP) is 5.37. The van der Waals surface area contributed by atoms with E-state index in [0.717, 1.165) is 11.1 Å². The van der Waals surface area contributed by atoms with Gasteiger partial charge in [-0.25, -0.2) is 4.98 Å². The summed E-state index contributed by atoms with van der Waals surface area (Å²) >= 11 is 0. The van der Waals surface area contributed by atoms with Crippen molar-refractivity contribution in [2.45, 2.75) is 32.7 Å². The van der Waals surface area contributed by atoms with Gasteiger partial charge in [0.2, 0.25) is 5.76 Å². The van der Waals surface area contributed by atoms with E-state index in [9.17, 15) is 9.59 Å². The molecule has 0 bridgehead atoms. The highest BCUT2D eigenvalue weighted by Gasteiger charge is 2.44. The van der Waals surface area contributed by atoms with Crippen LogP contribution in [0.15, 0.2) is 76.1 Å². The number of hydrogen-bond donors (Lipinski definition) is 0. The lowest BCUT2D eigenvalue weighted by Gasteiger charge is -2.24. The van der Waals surface area contributed by atoms with E-state index in [2.05, 4.69) is 18.8 Å². The Bertz CT molecular complexity index is 1370. The molecule has 4 aromatic rings. The first-order valence-corrected chi connectivity index (χ1v) is 10.4. The van der Waals surface area contributed by atoms with Crippen molar-refractivity contribution in [3.8, 4) is 0 Å². The molecule has 0 N–H and O–H groups in total. The molecule has 0 fully saturated rings. The number of pyridine rings is 1. The lowest BCUT2D eigenvalue weighted by Crippen LogP contribution is -2.30. The fraction of sp³-hybridized carbons (Fsp3) is 0.192. The smallest absolute Gasteiger partial charge is 0.296 e. The van der Waals surface area contributed by atoms with Crippen LogP contribution in [0.4, 0.5) is 5.82 Å². The van der Waals surface area contributed by atoms with Gasteiger partial charge in [0, 0.05) is 6.20 Å². The van der Waals surface area contributed by atoms with Crippen molar-refractivity contribution in [3.63, 3.8) is 0 Å². The Morgan fingerprint density at radius 3 is 2.45 bits per heavy atom. The third-order valence-electron chi connectivity index (χ3n) is 5.84. The second-order valence-corrected chi connectivity index (χ2v) is 8.26. The third kappa shape index (κ3) is 3.05. The Balaban J connectivity index is 1.78. The van der Waals surface area contributed by atoms with Gasteiger partial charge in [-0.15, -0.1) is 0 Å². The number of aryl methyl sites for hydroxylation is 1. The van der Waals surface area contributed by atoms with E-state index in [4.69, 9.17) is 4.42 Å². The number of benzene rings is 2. The van der Waals surface area contributed by atoms with Crippen LogP contribution in [0.2, 0.25) is 0 Å². The molecule has 5 rings (SSSR count). The van der Waals surface area contributed by atoms with Gasteiger partial charge >= 0.3 is 0 Å². The minimum Gasteiger partial charge on any atom is -0.450 e. The highest BCUT2D eigenvalue weighted by molar-refractivity contribution is 6.10. The summed E-state index contributed by atoms with van der Waals surface area (Å²) in [6, 6.07) is 18.2. The molecule has 5 nitrogen and oxygen atoms in total. The van der Waals surface area contributed by atoms with Crippen LogP contribution < -0.4 is 10.3 Å². The molecule has 154 valence electrons. The molecule has 1 aliphatic heterocycles. The molecule has 3 heterocycles. The van der Waals surface area contributed by atoms with Crippen LogP contribution >= 0.6 is 0 Å². The van der Waals surface area contributed by atoms with Gasteiger partial charge in [0.05, 0.1) is 17.0 Å². The van der Waals surface area contributed by atoms with Crippen LogP contribution in [0.25, 0.3) is 11.0 Å². The van der Waals surface area contributed by atoms with E-state index in [0.29, 0.717) is 28.3 Å². The number of amides is 1. The van der Waals surface area contributed by atoms with Crippen molar-refractivity contribution in [1.82, 2.24) is 4.98 Å². The predicted molar refractivity (Wildman–Crippen MR) is 121 cm³/mol. The molecular weight excluding hydrogens is 388 g/mol. The maximum Gasteiger partial charge on any atom is 0.296 e. The molecule has 31 heavy (non-hydrogen) atoms. The molecule has 0 saturated heterocycles. The van der Waals surface area contributed by atoms with Gasteiger partial charge in [-0.3, -0.25) is 14.5 Å². The van der Waals surface area contributed by atoms with E-state index in [1.54, 1.807) is 35.4 Å². The normalized spacial score (nSPS) is 15.7. The Morgan fingerprint density at radius 2 is 1.74 bits per heavy atom. The summed E-state index contributed by atoms with van der Waals surface area (Å²) in [5.74, 6) is 0.617. The average molecular weight is 410 g/mol. The SMILES string of the molecule is Cc1ccnc(N2C(=O)c3oc4ccccc4c(=O)c3C2c2ccc(C(C)C)cc2)c1. The van der Waals surface area contributed by atoms with Gasteiger partial charge in [-0.2, -0.15) is 0 Å². The molecule has 5 heteroatoms. The van der Waals surface area contributed by atoms with E-state index < -0.39 is 6.04 Å². The number of nitrogens with zero attached hydrogens (tertiary/aromatic N) is 2. The van der Waals surface area contributed by atoms with Gasteiger partial charge < -0.3 is 4.42 Å². The summed E-state index contributed by atoms with van der Waals surface area (Å²) in [7, 11) is 0. The lowest BCUT2D eigenvalue weighted by molar-refractivity contribution is 0.0970. The van der Waals surface area contributed by atoms with Crippen molar-refractivity contribution >= 4 is 22.7 Å². The van der Waals surface area contributed by atoms with Crippen molar-refractivity contribution in [2.24, 2.45) is 0 Å². The number of para-hydroxylation sites is 1. The number of anilines is 1. The summed E-state index contributed by atoms with van der Waals surface area (Å²) in [5.41, 5.74) is 3.61. The Hall–Kier alpha value is -3.73. The molecule has 1 unspecified atom stereocenters. The summed E-state index contributed by atoms with van der Waals surface area (Å²) in [5, 5.41) is 0.469. The number of rotatable bonds is 3. The fourth-order valence-electron chi connectivity index (χ4n) is 4.19. The Labute approximate surface area is 180 Å². The number of hydrogen-bond acceptors (Lipinski definition) is 4. The number of fused-ring (bicyclic) bond motifs is 2. The van der Waals surface area contributed by atoms with Crippen LogP contribution in [0.1, 0.15) is 58.6 Å². The van der Waals surface area contributed by atoms with Gasteiger partial charge in [-0.05, 0) is 53.8 Å². The molecule has 2 aromatic carbocycles. The van der Waals surface area contributed by atoms with E-state index in [-0.39, 0.29) is 17.1 Å². The van der Waals surface area contributed by atoms with E-state index in [1.165, 1.54) is 5.56 Å². The first kappa shape index (κ1) is 19.2. The molecule has 0 aliphatic carbocycles. The largest absolute Gasteiger partial charge is 0.450 e. The summed E-state index contributed by atoms with van der Waals surface area (Å²) in [6.07, 6.45) is 1.67. The zero-order chi connectivity index (χ0) is 21.7. The summed E-state index contributed by atoms with van der Waals surface area (Å²) in [6.45, 7) is 6.21. The zero-order valence-electron chi connectivity index (χ0n) is 17.6. The van der Waals surface area contributed by atoms with Crippen LogP contribution in [0, 0.1) is 6.92 Å². The molecule has 1 amide bonds. The van der Waals surface area contributed by atoms with Crippen LogP contribution in [-0.4, -0.2) is 10.9 Å². The van der Waals surface area contributed by atoms with Crippen LogP contribution in [-0.2, 0) is 0 Å². The van der Waals surface area contributed by atoms with Gasteiger partial charge in [0.25, 0.3) is 5.91 Å². The van der Waals surface area contributed by atoms with Crippen molar-refractivity contribution in [2.75, 3.05) is 4.90 Å². The highest BCUT2D eigenvalue weighted by Crippen LogP contribution is 2.40. The van der Waals surface area contributed by atoms with E-state index in [1.807, 2.05) is 43.3 Å². The monoisotopic (exact) mass is 410 g/mol. The van der Waals surface area contributed by atoms with E-state index >= 15 is 0 Å². The summed E-state index contributed by atoms with van der Waals surface area (Å²) < 4.78 is 5.97. The summed E-state index contributed by atoms with van der Waals surface area (Å²) in [4.78, 5) is 33.0. The van der Waals surface area contributed by atoms with Crippen molar-refractivity contribution < 1.29 is 9.21 Å². The minimum atomic E-state index is -0.598. The molecule has 1 atom stereocenters. The Kier molecular flexibility index (Phi) is 4.47. The molecular formula is C26H22N2O3. The quantitative estimate of drug-likeness (QED) is 0.455. The van der Waals surface area contributed by atoms with Crippen molar-refractivity contribution in [3.05, 3.63) is 105 Å². The van der Waals surface area contributed by atoms with Gasteiger partial charge in [0.1, 0.15) is 11.4 Å². The molecule has 1 aliphatic rings. The van der Waals surface area contributed by atoms with Gasteiger partial charge in [0.15, 0.2) is 5.43 Å². The number of aromatic nitrogens is 1. The molecule has 0 radical (unpaired) electrons. The Morgan fingerprint density at radius 1 is 1.00 bits per heavy atom. The standard InChI is InChI=1S/C26H22N2O3/c1-15(2)17-8-10-18(11-9-17)23-22-24(29)19-6-4-5-7-20(19)31-25(22)26(30)28(23)21-14-16(3)12-13-27-21/h4-15,23H,1-3H3. The second-order valence-electron chi connectivity index (χ2n) is 8.26. The molecule has 0 spiro atoms. The first-order valence-electron chi connectivity index (χ1n) is 10.4. The lowest BCUT2D eigenvalue weighted by atomic mass is 9.95. The topological polar surface area (TPSA) is 63.4 Å². The number of carbonyl (C=O) groups is 1. The average Bonchev–Trinajstić information content (AvgIpc) is 3.06. The van der Waals surface area contributed by atoms with Crippen molar-refractivity contribution in [1.29, 1.82) is 0 Å². The van der Waals surface area contributed by atoms with Crippen LogP contribution in [0.5, 0.6) is 0 Å². The maximum atomic E-state index is 13.5. The maximum absolute atomic E-state index is 13.5. The fourth-order valence-corrected chi connectivity index (χ4v) is 4.19. The minimum absolute atomic E-state index is 0.0879. The first-order chi connectivity index (χ1) is 15.0. The number of carbonyl (C=O) groups excluding carboxylic acids is 1.